The molecule has 1 aliphatic heterocycles. The summed E-state index contributed by atoms with van der Waals surface area (Å²) in [6.45, 7) is 1.75. The monoisotopic (exact) mass is 428 g/mol. The predicted molar refractivity (Wildman–Crippen MR) is 110 cm³/mol. The highest BCUT2D eigenvalue weighted by atomic mass is 35.5. The van der Waals surface area contributed by atoms with E-state index in [0.717, 1.165) is 11.1 Å². The van der Waals surface area contributed by atoms with E-state index < -0.39 is 0 Å². The zero-order valence-corrected chi connectivity index (χ0v) is 17.0. The number of benzene rings is 2. The third-order valence-electron chi connectivity index (χ3n) is 5.55. The number of nitrogens with two attached hydrogens (primary N) is 1. The maximum Gasteiger partial charge on any atom is 0.220 e. The normalized spacial score (nSPS) is 16.5. The summed E-state index contributed by atoms with van der Waals surface area (Å²) in [5.41, 5.74) is 7.28. The molecule has 3 aromatic rings. The molecule has 0 radical (unpaired) electrons. The van der Waals surface area contributed by atoms with Crippen molar-refractivity contribution >= 4 is 17.5 Å². The molecule has 2 heterocycles. The van der Waals surface area contributed by atoms with Gasteiger partial charge in [-0.15, -0.1) is 5.10 Å². The first-order valence-corrected chi connectivity index (χ1v) is 10.2. The van der Waals surface area contributed by atoms with E-state index in [1.165, 1.54) is 12.1 Å². The molecule has 1 aromatic heterocycles. The number of aromatic nitrogens is 4. The number of carbonyl (C=O) groups is 1. The Labute approximate surface area is 178 Å². The molecule has 1 atom stereocenters. The number of rotatable bonds is 6. The SMILES string of the molecule is NC(=O)C1CCN([C@H](c2ccccc2Cl)c2nnnn2Cc2ccc(F)cc2)CC1. The number of hydrogen-bond acceptors (Lipinski definition) is 5. The molecule has 9 heteroatoms. The van der Waals surface area contributed by atoms with Crippen molar-refractivity contribution in [3.05, 3.63) is 76.3 Å². The van der Waals surface area contributed by atoms with E-state index in [-0.39, 0.29) is 23.7 Å². The summed E-state index contributed by atoms with van der Waals surface area (Å²) in [6, 6.07) is 13.6. The quantitative estimate of drug-likeness (QED) is 0.652. The molecule has 4 rings (SSSR count). The Bertz CT molecular complexity index is 1020. The Morgan fingerprint density at radius 2 is 1.87 bits per heavy atom. The second-order valence-electron chi connectivity index (χ2n) is 7.46. The van der Waals surface area contributed by atoms with Crippen LogP contribution in [-0.4, -0.2) is 44.1 Å². The fourth-order valence-electron chi connectivity index (χ4n) is 3.92. The van der Waals surface area contributed by atoms with Crippen LogP contribution in [0.2, 0.25) is 5.02 Å². The first-order valence-electron chi connectivity index (χ1n) is 9.81. The van der Waals surface area contributed by atoms with Crippen molar-refractivity contribution in [3.63, 3.8) is 0 Å². The zero-order valence-electron chi connectivity index (χ0n) is 16.3. The number of tetrazole rings is 1. The number of nitrogens with zero attached hydrogens (tertiary/aromatic N) is 5. The van der Waals surface area contributed by atoms with Crippen molar-refractivity contribution in [1.82, 2.24) is 25.1 Å². The van der Waals surface area contributed by atoms with Crippen molar-refractivity contribution in [3.8, 4) is 0 Å². The fraction of sp³-hybridized carbons (Fsp3) is 0.333. The maximum atomic E-state index is 13.3. The Hall–Kier alpha value is -2.84. The number of primary amides is 1. The van der Waals surface area contributed by atoms with E-state index in [4.69, 9.17) is 17.3 Å². The second kappa shape index (κ2) is 8.89. The molecule has 1 amide bonds. The topological polar surface area (TPSA) is 89.9 Å². The van der Waals surface area contributed by atoms with Crippen LogP contribution < -0.4 is 5.73 Å². The molecule has 156 valence electrons. The molecule has 2 N–H and O–H groups in total. The van der Waals surface area contributed by atoms with Gasteiger partial charge in [-0.05, 0) is 65.7 Å². The van der Waals surface area contributed by atoms with Crippen LogP contribution in [-0.2, 0) is 11.3 Å². The summed E-state index contributed by atoms with van der Waals surface area (Å²) in [4.78, 5) is 13.8. The standard InChI is InChI=1S/C21H22ClFN6O/c22-18-4-2-1-3-17(18)19(28-11-9-15(10-12-28)20(24)30)21-25-26-27-29(21)13-14-5-7-16(23)8-6-14/h1-8,15,19H,9-13H2,(H2,24,30)/t19-/m1/s1. The largest absolute Gasteiger partial charge is 0.369 e. The van der Waals surface area contributed by atoms with Gasteiger partial charge in [-0.3, -0.25) is 9.69 Å². The van der Waals surface area contributed by atoms with Gasteiger partial charge >= 0.3 is 0 Å². The summed E-state index contributed by atoms with van der Waals surface area (Å²) in [7, 11) is 0. The molecule has 2 aromatic carbocycles. The third kappa shape index (κ3) is 4.34. The second-order valence-corrected chi connectivity index (χ2v) is 7.87. The average molecular weight is 429 g/mol. The molecule has 0 spiro atoms. The van der Waals surface area contributed by atoms with Crippen molar-refractivity contribution in [2.75, 3.05) is 13.1 Å². The Morgan fingerprint density at radius 3 is 2.53 bits per heavy atom. The summed E-state index contributed by atoms with van der Waals surface area (Å²) in [5, 5.41) is 13.0. The molecule has 0 unspecified atom stereocenters. The summed E-state index contributed by atoms with van der Waals surface area (Å²) in [5.74, 6) is -0.0275. The van der Waals surface area contributed by atoms with Crippen LogP contribution in [0.4, 0.5) is 4.39 Å². The van der Waals surface area contributed by atoms with Gasteiger partial charge in [-0.1, -0.05) is 41.9 Å². The van der Waals surface area contributed by atoms with Crippen LogP contribution in [0.3, 0.4) is 0 Å². The minimum Gasteiger partial charge on any atom is -0.369 e. The molecular weight excluding hydrogens is 407 g/mol. The molecule has 0 saturated carbocycles. The average Bonchev–Trinajstić information content (AvgIpc) is 3.19. The van der Waals surface area contributed by atoms with Crippen LogP contribution in [0, 0.1) is 11.7 Å². The van der Waals surface area contributed by atoms with Gasteiger partial charge in [-0.25, -0.2) is 9.07 Å². The first kappa shape index (κ1) is 20.4. The summed E-state index contributed by atoms with van der Waals surface area (Å²) >= 11 is 6.54. The van der Waals surface area contributed by atoms with Crippen LogP contribution >= 0.6 is 11.6 Å². The highest BCUT2D eigenvalue weighted by Crippen LogP contribution is 2.34. The fourth-order valence-corrected chi connectivity index (χ4v) is 4.16. The van der Waals surface area contributed by atoms with E-state index in [2.05, 4.69) is 20.4 Å². The highest BCUT2D eigenvalue weighted by molar-refractivity contribution is 6.31. The number of halogens is 2. The lowest BCUT2D eigenvalue weighted by Crippen LogP contribution is -2.41. The van der Waals surface area contributed by atoms with E-state index in [1.54, 1.807) is 16.8 Å². The summed E-state index contributed by atoms with van der Waals surface area (Å²) < 4.78 is 15.0. The Kier molecular flexibility index (Phi) is 6.06. The lowest BCUT2D eigenvalue weighted by atomic mass is 9.93. The number of piperidine rings is 1. The molecule has 0 bridgehead atoms. The van der Waals surface area contributed by atoms with Crippen LogP contribution in [0.25, 0.3) is 0 Å². The highest BCUT2D eigenvalue weighted by Gasteiger charge is 2.33. The predicted octanol–water partition coefficient (Wildman–Crippen LogP) is 2.80. The van der Waals surface area contributed by atoms with Gasteiger partial charge in [0, 0.05) is 10.9 Å². The van der Waals surface area contributed by atoms with Crippen LogP contribution in [0.5, 0.6) is 0 Å². The first-order chi connectivity index (χ1) is 14.5. The minimum atomic E-state index is -0.290. The number of hydrogen-bond donors (Lipinski definition) is 1. The van der Waals surface area contributed by atoms with Crippen molar-refractivity contribution in [2.45, 2.75) is 25.4 Å². The van der Waals surface area contributed by atoms with Crippen molar-refractivity contribution in [1.29, 1.82) is 0 Å². The van der Waals surface area contributed by atoms with Gasteiger partial charge < -0.3 is 5.73 Å². The van der Waals surface area contributed by atoms with Gasteiger partial charge in [0.2, 0.25) is 5.91 Å². The van der Waals surface area contributed by atoms with E-state index in [9.17, 15) is 9.18 Å². The minimum absolute atomic E-state index is 0.122. The molecule has 1 fully saturated rings. The van der Waals surface area contributed by atoms with Gasteiger partial charge in [0.1, 0.15) is 5.82 Å². The Morgan fingerprint density at radius 1 is 1.17 bits per heavy atom. The molecule has 0 aliphatic carbocycles. The van der Waals surface area contributed by atoms with Crippen molar-refractivity contribution < 1.29 is 9.18 Å². The molecule has 7 nitrogen and oxygen atoms in total. The smallest absolute Gasteiger partial charge is 0.220 e. The lowest BCUT2D eigenvalue weighted by Gasteiger charge is -2.36. The van der Waals surface area contributed by atoms with Gasteiger partial charge in [0.05, 0.1) is 12.6 Å². The Balaban J connectivity index is 1.67. The maximum absolute atomic E-state index is 13.3. The lowest BCUT2D eigenvalue weighted by molar-refractivity contribution is -0.123. The van der Waals surface area contributed by atoms with Crippen molar-refractivity contribution in [2.24, 2.45) is 11.7 Å². The molecule has 1 aliphatic rings. The van der Waals surface area contributed by atoms with Gasteiger partial charge in [0.25, 0.3) is 0 Å². The zero-order chi connectivity index (χ0) is 21.1. The van der Waals surface area contributed by atoms with E-state index >= 15 is 0 Å². The van der Waals surface area contributed by atoms with Gasteiger partial charge in [-0.2, -0.15) is 0 Å². The molecule has 1 saturated heterocycles. The van der Waals surface area contributed by atoms with E-state index in [1.807, 2.05) is 24.3 Å². The third-order valence-corrected chi connectivity index (χ3v) is 5.89. The molecule has 30 heavy (non-hydrogen) atoms. The summed E-state index contributed by atoms with van der Waals surface area (Å²) in [6.07, 6.45) is 1.35. The number of likely N-dealkylation sites (tertiary alicyclic amines) is 1. The van der Waals surface area contributed by atoms with E-state index in [0.29, 0.717) is 43.3 Å². The van der Waals surface area contributed by atoms with Gasteiger partial charge in [0.15, 0.2) is 5.82 Å². The van der Waals surface area contributed by atoms with Crippen LogP contribution in [0.1, 0.15) is 35.8 Å². The molecular formula is C21H22ClFN6O. The van der Waals surface area contributed by atoms with Crippen LogP contribution in [0.15, 0.2) is 48.5 Å². The number of carbonyl (C=O) groups excluding carboxylic acids is 1. The number of amides is 1.